The Kier molecular flexibility index (Phi) is 4.42. The highest BCUT2D eigenvalue weighted by atomic mass is 16.3. The number of aliphatic hydroxyl groups excluding tert-OH is 1. The van der Waals surface area contributed by atoms with Crippen molar-refractivity contribution >= 4 is 5.91 Å². The van der Waals surface area contributed by atoms with Crippen LogP contribution in [0, 0.1) is 0 Å². The molecule has 0 aliphatic heterocycles. The van der Waals surface area contributed by atoms with E-state index < -0.39 is 0 Å². The molecule has 0 unspecified atom stereocenters. The number of carbonyl (C=O) groups excluding carboxylic acids is 1. The van der Waals surface area contributed by atoms with E-state index in [-0.39, 0.29) is 18.1 Å². The molecule has 1 aromatic rings. The Balaban J connectivity index is 2.08. The molecule has 4 heteroatoms. The van der Waals surface area contributed by atoms with E-state index in [4.69, 9.17) is 5.11 Å². The Bertz CT molecular complexity index is 367. The first-order valence-electron chi connectivity index (χ1n) is 6.78. The van der Waals surface area contributed by atoms with Gasteiger partial charge in [0, 0.05) is 18.9 Å². The first kappa shape index (κ1) is 13.1. The van der Waals surface area contributed by atoms with Crippen LogP contribution in [0.25, 0.3) is 0 Å². The summed E-state index contributed by atoms with van der Waals surface area (Å²) in [5, 5.41) is 11.5. The van der Waals surface area contributed by atoms with E-state index in [0.717, 1.165) is 12.8 Å². The van der Waals surface area contributed by atoms with Gasteiger partial charge in [0.25, 0.3) is 0 Å². The smallest absolute Gasteiger partial charge is 0.222 e. The van der Waals surface area contributed by atoms with Gasteiger partial charge < -0.3 is 15.0 Å². The zero-order valence-electron chi connectivity index (χ0n) is 10.8. The van der Waals surface area contributed by atoms with Gasteiger partial charge in [-0.3, -0.25) is 4.79 Å². The lowest BCUT2D eigenvalue weighted by Crippen LogP contribution is -2.41. The average molecular weight is 250 g/mol. The van der Waals surface area contributed by atoms with Gasteiger partial charge >= 0.3 is 0 Å². The lowest BCUT2D eigenvalue weighted by molar-refractivity contribution is -0.123. The standard InChI is InChI=1S/C14H22N2O2/c17-11-8-15-13(18)12-14(6-2-1-3-7-14)16-9-4-5-10-16/h4-5,9-10,17H,1-3,6-8,11-12H2,(H,15,18). The predicted octanol–water partition coefficient (Wildman–Crippen LogP) is 1.65. The molecule has 1 aliphatic rings. The zero-order valence-corrected chi connectivity index (χ0v) is 10.8. The van der Waals surface area contributed by atoms with Crippen molar-refractivity contribution in [3.05, 3.63) is 24.5 Å². The molecular weight excluding hydrogens is 228 g/mol. The summed E-state index contributed by atoms with van der Waals surface area (Å²) in [6, 6.07) is 4.03. The molecule has 100 valence electrons. The van der Waals surface area contributed by atoms with Gasteiger partial charge in [-0.15, -0.1) is 0 Å². The van der Waals surface area contributed by atoms with Gasteiger partial charge in [-0.1, -0.05) is 19.3 Å². The number of carbonyl (C=O) groups is 1. The van der Waals surface area contributed by atoms with E-state index in [2.05, 4.69) is 22.3 Å². The Morgan fingerprint density at radius 3 is 2.50 bits per heavy atom. The van der Waals surface area contributed by atoms with Gasteiger partial charge in [-0.05, 0) is 25.0 Å². The van der Waals surface area contributed by atoms with E-state index in [0.29, 0.717) is 13.0 Å². The molecule has 2 rings (SSSR count). The molecule has 0 atom stereocenters. The second-order valence-corrected chi connectivity index (χ2v) is 5.13. The van der Waals surface area contributed by atoms with Gasteiger partial charge in [0.2, 0.25) is 5.91 Å². The summed E-state index contributed by atoms with van der Waals surface area (Å²) in [6.07, 6.45) is 10.4. The van der Waals surface area contributed by atoms with Crippen molar-refractivity contribution in [3.8, 4) is 0 Å². The van der Waals surface area contributed by atoms with Crippen molar-refractivity contribution in [2.45, 2.75) is 44.1 Å². The highest BCUT2D eigenvalue weighted by Crippen LogP contribution is 2.37. The molecule has 1 amide bonds. The normalized spacial score (nSPS) is 18.5. The Morgan fingerprint density at radius 1 is 1.22 bits per heavy atom. The summed E-state index contributed by atoms with van der Waals surface area (Å²) in [5.41, 5.74) is -0.0543. The minimum Gasteiger partial charge on any atom is -0.395 e. The van der Waals surface area contributed by atoms with Crippen molar-refractivity contribution in [3.63, 3.8) is 0 Å². The fourth-order valence-corrected chi connectivity index (χ4v) is 2.94. The van der Waals surface area contributed by atoms with Crippen LogP contribution in [0.1, 0.15) is 38.5 Å². The highest BCUT2D eigenvalue weighted by Gasteiger charge is 2.35. The minimum atomic E-state index is -0.0543. The number of aromatic nitrogens is 1. The molecule has 2 N–H and O–H groups in total. The summed E-state index contributed by atoms with van der Waals surface area (Å²) in [4.78, 5) is 11.9. The van der Waals surface area contributed by atoms with Crippen LogP contribution >= 0.6 is 0 Å². The lowest BCUT2D eigenvalue weighted by Gasteiger charge is -2.38. The molecule has 0 aromatic carbocycles. The molecule has 1 aliphatic carbocycles. The van der Waals surface area contributed by atoms with E-state index in [9.17, 15) is 4.79 Å². The SMILES string of the molecule is O=C(CC1(n2cccc2)CCCCC1)NCCO. The number of nitrogens with one attached hydrogen (secondary N) is 1. The van der Waals surface area contributed by atoms with Crippen LogP contribution in [0.4, 0.5) is 0 Å². The first-order chi connectivity index (χ1) is 8.77. The molecule has 1 saturated carbocycles. The quantitative estimate of drug-likeness (QED) is 0.835. The fraction of sp³-hybridized carbons (Fsp3) is 0.643. The zero-order chi connectivity index (χ0) is 12.8. The van der Waals surface area contributed by atoms with Crippen molar-refractivity contribution in [1.82, 2.24) is 9.88 Å². The average Bonchev–Trinajstić information content (AvgIpc) is 2.92. The minimum absolute atomic E-state index is 0.00224. The first-order valence-corrected chi connectivity index (χ1v) is 6.78. The van der Waals surface area contributed by atoms with Gasteiger partial charge in [0.15, 0.2) is 0 Å². The van der Waals surface area contributed by atoms with Crippen molar-refractivity contribution in [1.29, 1.82) is 0 Å². The van der Waals surface area contributed by atoms with E-state index >= 15 is 0 Å². The Hall–Kier alpha value is -1.29. The van der Waals surface area contributed by atoms with Crippen molar-refractivity contribution < 1.29 is 9.90 Å². The van der Waals surface area contributed by atoms with Crippen LogP contribution in [-0.4, -0.2) is 28.7 Å². The molecule has 0 saturated heterocycles. The maximum absolute atomic E-state index is 11.9. The van der Waals surface area contributed by atoms with Crippen molar-refractivity contribution in [2.75, 3.05) is 13.2 Å². The number of amides is 1. The highest BCUT2D eigenvalue weighted by molar-refractivity contribution is 5.77. The van der Waals surface area contributed by atoms with E-state index in [1.165, 1.54) is 19.3 Å². The molecule has 0 radical (unpaired) electrons. The van der Waals surface area contributed by atoms with Gasteiger partial charge in [-0.25, -0.2) is 0 Å². The monoisotopic (exact) mass is 250 g/mol. The third-order valence-corrected chi connectivity index (χ3v) is 3.86. The summed E-state index contributed by atoms with van der Waals surface area (Å²) in [5.74, 6) is 0.0413. The Labute approximate surface area is 108 Å². The fourth-order valence-electron chi connectivity index (χ4n) is 2.94. The molecule has 1 heterocycles. The van der Waals surface area contributed by atoms with Crippen LogP contribution in [0.5, 0.6) is 0 Å². The second-order valence-electron chi connectivity index (χ2n) is 5.13. The molecule has 0 spiro atoms. The molecule has 1 fully saturated rings. The molecular formula is C14H22N2O2. The number of aliphatic hydroxyl groups is 1. The molecule has 18 heavy (non-hydrogen) atoms. The number of nitrogens with zero attached hydrogens (tertiary/aromatic N) is 1. The van der Waals surface area contributed by atoms with Crippen molar-refractivity contribution in [2.24, 2.45) is 0 Å². The van der Waals surface area contributed by atoms with Crippen LogP contribution in [0.15, 0.2) is 24.5 Å². The number of hydrogen-bond donors (Lipinski definition) is 2. The lowest BCUT2D eigenvalue weighted by atomic mass is 9.78. The summed E-state index contributed by atoms with van der Waals surface area (Å²) >= 11 is 0. The summed E-state index contributed by atoms with van der Waals surface area (Å²) < 4.78 is 2.20. The topological polar surface area (TPSA) is 54.3 Å². The third kappa shape index (κ3) is 2.93. The largest absolute Gasteiger partial charge is 0.395 e. The third-order valence-electron chi connectivity index (χ3n) is 3.86. The molecule has 4 nitrogen and oxygen atoms in total. The number of hydrogen-bond acceptors (Lipinski definition) is 2. The van der Waals surface area contributed by atoms with Crippen LogP contribution in [-0.2, 0) is 10.3 Å². The van der Waals surface area contributed by atoms with Gasteiger partial charge in [0.05, 0.1) is 18.6 Å². The van der Waals surface area contributed by atoms with Crippen LogP contribution < -0.4 is 5.32 Å². The second kappa shape index (κ2) is 6.05. The predicted molar refractivity (Wildman–Crippen MR) is 70.2 cm³/mol. The van der Waals surface area contributed by atoms with Crippen LogP contribution in [0.3, 0.4) is 0 Å². The molecule has 1 aromatic heterocycles. The van der Waals surface area contributed by atoms with Crippen LogP contribution in [0.2, 0.25) is 0 Å². The van der Waals surface area contributed by atoms with E-state index in [1.807, 2.05) is 12.1 Å². The Morgan fingerprint density at radius 2 is 1.89 bits per heavy atom. The van der Waals surface area contributed by atoms with E-state index in [1.54, 1.807) is 0 Å². The number of rotatable bonds is 5. The maximum Gasteiger partial charge on any atom is 0.222 e. The summed E-state index contributed by atoms with van der Waals surface area (Å²) in [7, 11) is 0. The maximum atomic E-state index is 11.9. The van der Waals surface area contributed by atoms with Gasteiger partial charge in [0.1, 0.15) is 0 Å². The summed E-state index contributed by atoms with van der Waals surface area (Å²) in [6.45, 7) is 0.350. The molecule has 0 bridgehead atoms. The van der Waals surface area contributed by atoms with Gasteiger partial charge in [-0.2, -0.15) is 0 Å².